The first kappa shape index (κ1) is 19.6. The van der Waals surface area contributed by atoms with Crippen molar-refractivity contribution in [1.82, 2.24) is 10.2 Å². The van der Waals surface area contributed by atoms with E-state index in [9.17, 15) is 8.78 Å². The van der Waals surface area contributed by atoms with E-state index in [0.29, 0.717) is 6.54 Å². The van der Waals surface area contributed by atoms with E-state index in [1.54, 1.807) is 4.90 Å². The first-order chi connectivity index (χ1) is 10.4. The van der Waals surface area contributed by atoms with Crippen LogP contribution in [0.1, 0.15) is 18.4 Å². The summed E-state index contributed by atoms with van der Waals surface area (Å²) in [7, 11) is 0. The van der Waals surface area contributed by atoms with Crippen molar-refractivity contribution in [1.29, 1.82) is 5.41 Å². The Balaban J connectivity index is 0.00000264. The quantitative estimate of drug-likeness (QED) is 0.518. The van der Waals surface area contributed by atoms with Crippen molar-refractivity contribution >= 4 is 40.3 Å². The van der Waals surface area contributed by atoms with E-state index in [0.717, 1.165) is 10.0 Å². The van der Waals surface area contributed by atoms with Gasteiger partial charge in [0.05, 0.1) is 0 Å². The van der Waals surface area contributed by atoms with Gasteiger partial charge in [0.25, 0.3) is 5.92 Å². The minimum Gasteiger partial charge on any atom is -0.369 e. The third kappa shape index (κ3) is 5.95. The number of likely N-dealkylation sites (tertiary alicyclic amines) is 1. The van der Waals surface area contributed by atoms with E-state index < -0.39 is 5.92 Å². The van der Waals surface area contributed by atoms with Crippen LogP contribution in [0.3, 0.4) is 0 Å². The van der Waals surface area contributed by atoms with Crippen molar-refractivity contribution in [3.05, 3.63) is 34.3 Å². The molecule has 0 saturated carbocycles. The van der Waals surface area contributed by atoms with Crippen LogP contribution in [0.15, 0.2) is 33.7 Å². The number of nitrogens with two attached hydrogens (primary N) is 1. The lowest BCUT2D eigenvalue weighted by molar-refractivity contribution is -0.0435. The average molecular weight is 411 g/mol. The van der Waals surface area contributed by atoms with Gasteiger partial charge in [0.1, 0.15) is 0 Å². The van der Waals surface area contributed by atoms with Gasteiger partial charge in [-0.1, -0.05) is 34.1 Å². The van der Waals surface area contributed by atoms with Gasteiger partial charge in [-0.15, -0.1) is 12.4 Å². The van der Waals surface area contributed by atoms with E-state index in [-0.39, 0.29) is 50.3 Å². The maximum atomic E-state index is 13.1. The molecule has 0 unspecified atom stereocenters. The lowest BCUT2D eigenvalue weighted by atomic mass is 10.1. The molecule has 1 aliphatic heterocycles. The zero-order chi connectivity index (χ0) is 16.2. The van der Waals surface area contributed by atoms with Crippen LogP contribution in [0.5, 0.6) is 0 Å². The van der Waals surface area contributed by atoms with Crippen molar-refractivity contribution < 1.29 is 8.78 Å². The Hall–Kier alpha value is -1.41. The van der Waals surface area contributed by atoms with Crippen LogP contribution < -0.4 is 11.1 Å². The Bertz CT molecular complexity index is 572. The van der Waals surface area contributed by atoms with Crippen LogP contribution in [0.2, 0.25) is 0 Å². The summed E-state index contributed by atoms with van der Waals surface area (Å²) in [6.45, 7) is 0.731. The second kappa shape index (κ2) is 8.44. The summed E-state index contributed by atoms with van der Waals surface area (Å²) in [6, 6.07) is 7.63. The molecule has 0 spiro atoms. The van der Waals surface area contributed by atoms with Gasteiger partial charge in [-0.25, -0.2) is 8.78 Å². The van der Waals surface area contributed by atoms with Crippen LogP contribution in [-0.4, -0.2) is 35.8 Å². The van der Waals surface area contributed by atoms with Crippen molar-refractivity contribution in [2.75, 3.05) is 13.1 Å². The van der Waals surface area contributed by atoms with Gasteiger partial charge >= 0.3 is 0 Å². The first-order valence-electron chi connectivity index (χ1n) is 6.90. The van der Waals surface area contributed by atoms with Crippen molar-refractivity contribution in [2.24, 2.45) is 10.7 Å². The molecule has 0 bridgehead atoms. The molecule has 128 valence electrons. The van der Waals surface area contributed by atoms with Crippen LogP contribution in [0, 0.1) is 5.41 Å². The number of nitrogens with zero attached hydrogens (tertiary/aromatic N) is 2. The molecule has 9 heteroatoms. The Morgan fingerprint density at radius 2 is 1.96 bits per heavy atom. The largest absolute Gasteiger partial charge is 0.369 e. The molecule has 0 aliphatic carbocycles. The van der Waals surface area contributed by atoms with Crippen molar-refractivity contribution in [3.63, 3.8) is 0 Å². The number of aliphatic imine (C=N–C) groups is 1. The molecule has 1 saturated heterocycles. The lowest BCUT2D eigenvalue weighted by Crippen LogP contribution is -2.46. The van der Waals surface area contributed by atoms with Gasteiger partial charge in [-0.05, 0) is 11.6 Å². The minimum atomic E-state index is -2.62. The molecule has 1 fully saturated rings. The molecular formula is C14H19BrClF2N5. The number of piperidine rings is 1. The highest BCUT2D eigenvalue weighted by atomic mass is 79.9. The number of hydrogen-bond donors (Lipinski definition) is 3. The summed E-state index contributed by atoms with van der Waals surface area (Å²) >= 11 is 3.42. The van der Waals surface area contributed by atoms with E-state index in [2.05, 4.69) is 26.2 Å². The lowest BCUT2D eigenvalue weighted by Gasteiger charge is -2.32. The van der Waals surface area contributed by atoms with Gasteiger partial charge in [0.15, 0.2) is 5.96 Å². The smallest absolute Gasteiger partial charge is 0.251 e. The molecule has 2 rings (SSSR count). The molecule has 4 N–H and O–H groups in total. The fourth-order valence-electron chi connectivity index (χ4n) is 2.11. The number of alkyl halides is 2. The average Bonchev–Trinajstić information content (AvgIpc) is 2.46. The van der Waals surface area contributed by atoms with Gasteiger partial charge in [0, 0.05) is 36.9 Å². The third-order valence-electron chi connectivity index (χ3n) is 3.45. The van der Waals surface area contributed by atoms with Gasteiger partial charge in [-0.3, -0.25) is 5.41 Å². The second-order valence-electron chi connectivity index (χ2n) is 5.11. The Morgan fingerprint density at radius 3 is 2.57 bits per heavy atom. The van der Waals surface area contributed by atoms with E-state index >= 15 is 0 Å². The third-order valence-corrected chi connectivity index (χ3v) is 4.22. The fourth-order valence-corrected chi connectivity index (χ4v) is 2.53. The van der Waals surface area contributed by atoms with Crippen LogP contribution in [-0.2, 0) is 6.54 Å². The molecule has 5 nitrogen and oxygen atoms in total. The summed E-state index contributed by atoms with van der Waals surface area (Å²) in [5, 5.41) is 10.6. The second-order valence-corrected chi connectivity index (χ2v) is 5.96. The molecule has 0 atom stereocenters. The summed E-state index contributed by atoms with van der Waals surface area (Å²) in [6.07, 6.45) is -0.470. The van der Waals surface area contributed by atoms with Crippen molar-refractivity contribution in [2.45, 2.75) is 25.3 Å². The maximum Gasteiger partial charge on any atom is 0.251 e. The maximum absolute atomic E-state index is 13.1. The van der Waals surface area contributed by atoms with Gasteiger partial charge in [-0.2, -0.15) is 4.99 Å². The highest BCUT2D eigenvalue weighted by molar-refractivity contribution is 9.10. The summed E-state index contributed by atoms with van der Waals surface area (Å²) < 4.78 is 27.1. The zero-order valence-corrected chi connectivity index (χ0v) is 14.8. The van der Waals surface area contributed by atoms with E-state index in [1.165, 1.54) is 0 Å². The van der Waals surface area contributed by atoms with Crippen LogP contribution in [0.4, 0.5) is 8.78 Å². The van der Waals surface area contributed by atoms with E-state index in [1.807, 2.05) is 24.3 Å². The normalized spacial score (nSPS) is 17.3. The number of nitrogens with one attached hydrogen (secondary N) is 2. The number of hydrogen-bond acceptors (Lipinski definition) is 1. The highest BCUT2D eigenvalue weighted by Gasteiger charge is 2.34. The SMILES string of the molecule is Cl.N=C(N=C(N)N1CCC(F)(F)CC1)NCc1ccccc1Br. The first-order valence-corrected chi connectivity index (χ1v) is 7.69. The van der Waals surface area contributed by atoms with Crippen molar-refractivity contribution in [3.8, 4) is 0 Å². The molecule has 23 heavy (non-hydrogen) atoms. The topological polar surface area (TPSA) is 77.5 Å². The molecule has 1 aromatic rings. The van der Waals surface area contributed by atoms with Crippen LogP contribution in [0.25, 0.3) is 0 Å². The molecule has 0 amide bonds. The molecule has 1 aromatic carbocycles. The minimum absolute atomic E-state index is 0. The molecule has 0 radical (unpaired) electrons. The molecule has 0 aromatic heterocycles. The van der Waals surface area contributed by atoms with Crippen LogP contribution >= 0.6 is 28.3 Å². The molecule has 1 aliphatic rings. The Morgan fingerprint density at radius 1 is 1.35 bits per heavy atom. The van der Waals surface area contributed by atoms with Gasteiger partial charge in [0.2, 0.25) is 5.96 Å². The Labute approximate surface area is 148 Å². The standard InChI is InChI=1S/C14H18BrF2N5.ClH/c15-11-4-2-1-3-10(11)9-20-12(18)21-13(19)22-7-5-14(16,17)6-8-22;/h1-4H,5-9H2,(H4,18,19,20,21);1H. The van der Waals surface area contributed by atoms with Gasteiger partial charge < -0.3 is 16.0 Å². The predicted molar refractivity (Wildman–Crippen MR) is 93.3 cm³/mol. The number of halogens is 4. The summed E-state index contributed by atoms with van der Waals surface area (Å²) in [5.74, 6) is -2.62. The zero-order valence-electron chi connectivity index (χ0n) is 12.4. The molecule has 1 heterocycles. The highest BCUT2D eigenvalue weighted by Crippen LogP contribution is 2.27. The number of rotatable bonds is 2. The summed E-state index contributed by atoms with van der Waals surface area (Å²) in [4.78, 5) is 5.50. The number of guanidine groups is 2. The predicted octanol–water partition coefficient (Wildman–Crippen LogP) is 2.94. The van der Waals surface area contributed by atoms with E-state index in [4.69, 9.17) is 11.1 Å². The monoisotopic (exact) mass is 409 g/mol. The Kier molecular flexibility index (Phi) is 7.21. The molecular weight excluding hydrogens is 392 g/mol. The summed E-state index contributed by atoms with van der Waals surface area (Å²) in [5.41, 5.74) is 6.76. The number of benzene rings is 1. The fraction of sp³-hybridized carbons (Fsp3) is 0.429.